The van der Waals surface area contributed by atoms with Gasteiger partial charge in [-0.1, -0.05) is 6.92 Å². The van der Waals surface area contributed by atoms with Gasteiger partial charge >= 0.3 is 8.80 Å². The summed E-state index contributed by atoms with van der Waals surface area (Å²) >= 11 is 0. The Morgan fingerprint density at radius 3 is 2.33 bits per heavy atom. The summed E-state index contributed by atoms with van der Waals surface area (Å²) in [5.41, 5.74) is 1.07. The zero-order valence-electron chi connectivity index (χ0n) is 12.0. The Morgan fingerprint density at radius 2 is 1.83 bits per heavy atom. The van der Waals surface area contributed by atoms with Crippen molar-refractivity contribution < 1.29 is 13.3 Å². The molecule has 0 radical (unpaired) electrons. The summed E-state index contributed by atoms with van der Waals surface area (Å²) in [5.74, 6) is 1.13. The lowest BCUT2D eigenvalue weighted by Gasteiger charge is -2.24. The van der Waals surface area contributed by atoms with Gasteiger partial charge in [0.05, 0.1) is 5.69 Å². The van der Waals surface area contributed by atoms with Crippen molar-refractivity contribution in [3.63, 3.8) is 0 Å². The maximum atomic E-state index is 5.41. The molecule has 0 unspecified atom stereocenters. The summed E-state index contributed by atoms with van der Waals surface area (Å²) in [6, 6.07) is 0.816. The van der Waals surface area contributed by atoms with Crippen LogP contribution in [0.4, 0.5) is 0 Å². The molecule has 0 aromatic carbocycles. The SMILES string of the molecule is CCc1nc(C)cn1CCC[Si](OC)(OC)OC. The first-order chi connectivity index (χ1) is 8.60. The highest BCUT2D eigenvalue weighted by Gasteiger charge is 2.36. The van der Waals surface area contributed by atoms with Gasteiger partial charge in [0.25, 0.3) is 0 Å². The smallest absolute Gasteiger partial charge is 0.377 e. The lowest BCUT2D eigenvalue weighted by molar-refractivity contribution is 0.122. The van der Waals surface area contributed by atoms with Crippen LogP contribution in [0.1, 0.15) is 24.9 Å². The van der Waals surface area contributed by atoms with Crippen molar-refractivity contribution >= 4 is 8.80 Å². The quantitative estimate of drug-likeness (QED) is 0.679. The highest BCUT2D eigenvalue weighted by Crippen LogP contribution is 2.16. The second kappa shape index (κ2) is 7.03. The summed E-state index contributed by atoms with van der Waals surface area (Å²) in [6.07, 6.45) is 4.01. The third kappa shape index (κ3) is 3.65. The van der Waals surface area contributed by atoms with Gasteiger partial charge in [0, 0.05) is 46.5 Å². The first kappa shape index (κ1) is 15.4. The monoisotopic (exact) mass is 272 g/mol. The van der Waals surface area contributed by atoms with Gasteiger partial charge in [-0.25, -0.2) is 4.98 Å². The van der Waals surface area contributed by atoms with E-state index in [0.29, 0.717) is 0 Å². The van der Waals surface area contributed by atoms with Gasteiger partial charge in [0.1, 0.15) is 5.82 Å². The Labute approximate surface area is 110 Å². The van der Waals surface area contributed by atoms with E-state index < -0.39 is 8.80 Å². The van der Waals surface area contributed by atoms with Crippen LogP contribution in [0.5, 0.6) is 0 Å². The molecule has 1 rings (SSSR count). The second-order valence-electron chi connectivity index (χ2n) is 4.24. The predicted molar refractivity (Wildman–Crippen MR) is 72.5 cm³/mol. The number of nitrogens with zero attached hydrogens (tertiary/aromatic N) is 2. The molecule has 104 valence electrons. The van der Waals surface area contributed by atoms with Crippen LogP contribution in [0.15, 0.2) is 6.20 Å². The summed E-state index contributed by atoms with van der Waals surface area (Å²) in [5, 5.41) is 0. The van der Waals surface area contributed by atoms with Gasteiger partial charge in [0.2, 0.25) is 0 Å². The molecular formula is C12H24N2O3Si. The number of hydrogen-bond donors (Lipinski definition) is 0. The van der Waals surface area contributed by atoms with Crippen LogP contribution < -0.4 is 0 Å². The predicted octanol–water partition coefficient (Wildman–Crippen LogP) is 2.02. The summed E-state index contributed by atoms with van der Waals surface area (Å²) in [7, 11) is 2.53. The Morgan fingerprint density at radius 1 is 1.22 bits per heavy atom. The number of aromatic nitrogens is 2. The normalized spacial score (nSPS) is 12.1. The number of hydrogen-bond acceptors (Lipinski definition) is 4. The Kier molecular flexibility index (Phi) is 6.00. The Hall–Kier alpha value is -0.693. The van der Waals surface area contributed by atoms with Crippen LogP contribution >= 0.6 is 0 Å². The molecule has 1 aromatic heterocycles. The highest BCUT2D eigenvalue weighted by atomic mass is 28.4. The van der Waals surface area contributed by atoms with E-state index in [1.54, 1.807) is 21.3 Å². The molecule has 0 N–H and O–H groups in total. The topological polar surface area (TPSA) is 45.5 Å². The van der Waals surface area contributed by atoms with Crippen LogP contribution in [0.3, 0.4) is 0 Å². The molecule has 0 atom stereocenters. The van der Waals surface area contributed by atoms with E-state index in [1.807, 2.05) is 6.92 Å². The van der Waals surface area contributed by atoms with E-state index in [2.05, 4.69) is 22.7 Å². The molecule has 0 saturated carbocycles. The van der Waals surface area contributed by atoms with Crippen LogP contribution in [0.25, 0.3) is 0 Å². The summed E-state index contributed by atoms with van der Waals surface area (Å²) in [4.78, 5) is 4.49. The van der Waals surface area contributed by atoms with Crippen LogP contribution in [0, 0.1) is 6.92 Å². The number of rotatable bonds is 8. The fourth-order valence-electron chi connectivity index (χ4n) is 2.09. The van der Waals surface area contributed by atoms with E-state index in [4.69, 9.17) is 13.3 Å². The zero-order valence-corrected chi connectivity index (χ0v) is 13.0. The van der Waals surface area contributed by atoms with Gasteiger partial charge in [-0.2, -0.15) is 0 Å². The minimum atomic E-state index is -2.43. The van der Waals surface area contributed by atoms with Gasteiger partial charge in [-0.15, -0.1) is 0 Å². The zero-order chi connectivity index (χ0) is 13.6. The summed E-state index contributed by atoms with van der Waals surface area (Å²) in [6.45, 7) is 5.07. The van der Waals surface area contributed by atoms with Crippen LogP contribution in [0.2, 0.25) is 6.04 Å². The molecule has 0 spiro atoms. The van der Waals surface area contributed by atoms with E-state index in [9.17, 15) is 0 Å². The van der Waals surface area contributed by atoms with Crippen LogP contribution in [-0.2, 0) is 26.2 Å². The lowest BCUT2D eigenvalue weighted by Crippen LogP contribution is -2.42. The first-order valence-corrected chi connectivity index (χ1v) is 8.22. The minimum Gasteiger partial charge on any atom is -0.377 e. The summed E-state index contributed by atoms with van der Waals surface area (Å²) < 4.78 is 18.4. The minimum absolute atomic E-state index is 0.816. The average Bonchev–Trinajstić information content (AvgIpc) is 2.75. The molecular weight excluding hydrogens is 248 g/mol. The average molecular weight is 272 g/mol. The molecule has 5 nitrogen and oxygen atoms in total. The third-order valence-corrected chi connectivity index (χ3v) is 5.94. The van der Waals surface area contributed by atoms with Crippen molar-refractivity contribution in [1.82, 2.24) is 9.55 Å². The third-order valence-electron chi connectivity index (χ3n) is 3.11. The molecule has 1 heterocycles. The van der Waals surface area contributed by atoms with Gasteiger partial charge in [0.15, 0.2) is 0 Å². The van der Waals surface area contributed by atoms with Crippen LogP contribution in [-0.4, -0.2) is 39.7 Å². The Bertz CT molecular complexity index is 356. The van der Waals surface area contributed by atoms with Crippen molar-refractivity contribution in [1.29, 1.82) is 0 Å². The van der Waals surface area contributed by atoms with Crippen molar-refractivity contribution in [2.45, 2.75) is 39.3 Å². The van der Waals surface area contributed by atoms with E-state index in [0.717, 1.165) is 36.9 Å². The van der Waals surface area contributed by atoms with Crippen molar-refractivity contribution in [3.05, 3.63) is 17.7 Å². The van der Waals surface area contributed by atoms with E-state index in [-0.39, 0.29) is 0 Å². The second-order valence-corrected chi connectivity index (χ2v) is 7.34. The van der Waals surface area contributed by atoms with Crippen molar-refractivity contribution in [3.8, 4) is 0 Å². The maximum Gasteiger partial charge on any atom is 0.500 e. The number of imidazole rings is 1. The van der Waals surface area contributed by atoms with E-state index in [1.165, 1.54) is 0 Å². The molecule has 0 saturated heterocycles. The van der Waals surface area contributed by atoms with Crippen molar-refractivity contribution in [2.24, 2.45) is 0 Å². The fraction of sp³-hybridized carbons (Fsp3) is 0.750. The molecule has 0 aliphatic carbocycles. The van der Waals surface area contributed by atoms with Gasteiger partial charge in [-0.3, -0.25) is 0 Å². The van der Waals surface area contributed by atoms with Gasteiger partial charge in [-0.05, 0) is 13.3 Å². The molecule has 18 heavy (non-hydrogen) atoms. The fourth-order valence-corrected chi connectivity index (χ4v) is 3.80. The molecule has 1 aromatic rings. The van der Waals surface area contributed by atoms with E-state index >= 15 is 0 Å². The van der Waals surface area contributed by atoms with Gasteiger partial charge < -0.3 is 17.8 Å². The molecule has 0 aliphatic rings. The molecule has 0 bridgehead atoms. The van der Waals surface area contributed by atoms with Crippen molar-refractivity contribution in [2.75, 3.05) is 21.3 Å². The molecule has 0 aliphatic heterocycles. The molecule has 0 fully saturated rings. The molecule has 6 heteroatoms. The number of aryl methyl sites for hydroxylation is 3. The first-order valence-electron chi connectivity index (χ1n) is 6.29. The standard InChI is InChI=1S/C12H24N2O3Si/c1-6-12-13-11(2)10-14(12)8-7-9-18(15-3,16-4)17-5/h10H,6-9H2,1-5H3. The Balaban J connectivity index is 2.54. The largest absolute Gasteiger partial charge is 0.500 e. The maximum absolute atomic E-state index is 5.41. The molecule has 0 amide bonds. The lowest BCUT2D eigenvalue weighted by atomic mass is 10.4. The highest BCUT2D eigenvalue weighted by molar-refractivity contribution is 6.60.